The monoisotopic (exact) mass is 341 g/mol. The molecule has 2 fully saturated rings. The molecule has 2 aromatic rings. The molecule has 2 saturated heterocycles. The van der Waals surface area contributed by atoms with Crippen molar-refractivity contribution in [2.75, 3.05) is 45.9 Å². The molecule has 1 spiro atoms. The van der Waals surface area contributed by atoms with Gasteiger partial charge >= 0.3 is 0 Å². The Morgan fingerprint density at radius 3 is 3.00 bits per heavy atom. The molecule has 1 amide bonds. The molecule has 2 aliphatic rings. The average Bonchev–Trinajstić information content (AvgIpc) is 2.98. The fraction of sp³-hybridized carbons (Fsp3) is 0.550. The molecule has 4 rings (SSSR count). The summed E-state index contributed by atoms with van der Waals surface area (Å²) in [7, 11) is 0. The molecule has 0 saturated carbocycles. The summed E-state index contributed by atoms with van der Waals surface area (Å²) < 4.78 is 5.91. The van der Waals surface area contributed by atoms with Crippen LogP contribution >= 0.6 is 0 Å². The van der Waals surface area contributed by atoms with Crippen LogP contribution in [0.4, 0.5) is 0 Å². The van der Waals surface area contributed by atoms with Crippen molar-refractivity contribution in [1.82, 2.24) is 14.8 Å². The van der Waals surface area contributed by atoms with Crippen molar-refractivity contribution >= 4 is 16.8 Å². The van der Waals surface area contributed by atoms with Crippen LogP contribution in [0.25, 0.3) is 10.9 Å². The summed E-state index contributed by atoms with van der Waals surface area (Å²) >= 11 is 0. The van der Waals surface area contributed by atoms with Crippen LogP contribution in [-0.4, -0.2) is 66.6 Å². The Bertz CT molecular complexity index is 723. The van der Waals surface area contributed by atoms with Crippen molar-refractivity contribution in [3.05, 3.63) is 36.0 Å². The zero-order valence-corrected chi connectivity index (χ0v) is 15.0. The number of ether oxygens (including phenoxy) is 1. The molecule has 134 valence electrons. The highest BCUT2D eigenvalue weighted by Gasteiger charge is 2.40. The summed E-state index contributed by atoms with van der Waals surface area (Å²) in [4.78, 5) is 20.8. The number of benzene rings is 1. The van der Waals surface area contributed by atoms with Crippen LogP contribution in [0.5, 0.6) is 0 Å². The number of fused-ring (bicyclic) bond motifs is 1. The van der Waals surface area contributed by atoms with Crippen molar-refractivity contribution in [3.63, 3.8) is 0 Å². The number of rotatable bonds is 2. The summed E-state index contributed by atoms with van der Waals surface area (Å²) in [5.41, 5.74) is 1.79. The fourth-order valence-electron chi connectivity index (χ4n) is 4.34. The lowest BCUT2D eigenvalue weighted by Crippen LogP contribution is -2.52. The van der Waals surface area contributed by atoms with E-state index >= 15 is 0 Å². The topological polar surface area (TPSA) is 48.6 Å². The van der Waals surface area contributed by atoms with Gasteiger partial charge in [-0.05, 0) is 31.5 Å². The molecule has 1 atom stereocenters. The standard InChI is InChI=1S/C20H27N3O2/c1-2-22-10-11-25-15-20(13-22)8-5-9-23(14-20)19(24)18-12-16-6-3-4-7-17(16)21-18/h3-4,6-7,12,21H,2,5,8-11,13-15H2,1H3. The molecule has 1 aromatic heterocycles. The van der Waals surface area contributed by atoms with Gasteiger partial charge < -0.3 is 19.5 Å². The Labute approximate surface area is 148 Å². The van der Waals surface area contributed by atoms with Crippen molar-refractivity contribution < 1.29 is 9.53 Å². The number of aromatic amines is 1. The largest absolute Gasteiger partial charge is 0.379 e. The Kier molecular flexibility index (Phi) is 4.52. The Balaban J connectivity index is 1.54. The lowest BCUT2D eigenvalue weighted by molar-refractivity contribution is 0.00747. The first-order valence-electron chi connectivity index (χ1n) is 9.36. The van der Waals surface area contributed by atoms with Crippen LogP contribution in [0.3, 0.4) is 0 Å². The van der Waals surface area contributed by atoms with Crippen LogP contribution in [0.1, 0.15) is 30.3 Å². The molecule has 2 aliphatic heterocycles. The van der Waals surface area contributed by atoms with Gasteiger partial charge in [0, 0.05) is 42.5 Å². The van der Waals surface area contributed by atoms with E-state index in [0.29, 0.717) is 5.69 Å². The molecule has 25 heavy (non-hydrogen) atoms. The third-order valence-corrected chi connectivity index (χ3v) is 5.68. The number of hydrogen-bond donors (Lipinski definition) is 1. The molecule has 1 N–H and O–H groups in total. The normalized spacial score (nSPS) is 25.4. The van der Waals surface area contributed by atoms with Crippen molar-refractivity contribution in [2.24, 2.45) is 5.41 Å². The van der Waals surface area contributed by atoms with E-state index in [4.69, 9.17) is 4.74 Å². The number of piperidine rings is 1. The number of amides is 1. The molecular weight excluding hydrogens is 314 g/mol. The Morgan fingerprint density at radius 1 is 1.28 bits per heavy atom. The van der Waals surface area contributed by atoms with Crippen molar-refractivity contribution in [2.45, 2.75) is 19.8 Å². The van der Waals surface area contributed by atoms with Gasteiger partial charge in [-0.15, -0.1) is 0 Å². The average molecular weight is 341 g/mol. The third-order valence-electron chi connectivity index (χ3n) is 5.68. The first-order chi connectivity index (χ1) is 12.2. The van der Waals surface area contributed by atoms with Gasteiger partial charge in [-0.2, -0.15) is 0 Å². The lowest BCUT2D eigenvalue weighted by atomic mass is 9.80. The van der Waals surface area contributed by atoms with E-state index in [9.17, 15) is 4.79 Å². The number of likely N-dealkylation sites (N-methyl/N-ethyl adjacent to an activating group) is 1. The van der Waals surface area contributed by atoms with Gasteiger partial charge in [-0.25, -0.2) is 0 Å². The summed E-state index contributed by atoms with van der Waals surface area (Å²) in [6.07, 6.45) is 2.19. The molecule has 5 heteroatoms. The zero-order chi connectivity index (χ0) is 17.3. The predicted molar refractivity (Wildman–Crippen MR) is 98.8 cm³/mol. The van der Waals surface area contributed by atoms with Gasteiger partial charge in [-0.3, -0.25) is 4.79 Å². The molecule has 0 bridgehead atoms. The first kappa shape index (κ1) is 16.6. The minimum Gasteiger partial charge on any atom is -0.379 e. The maximum absolute atomic E-state index is 13.1. The predicted octanol–water partition coefficient (Wildman–Crippen LogP) is 2.74. The van der Waals surface area contributed by atoms with Gasteiger partial charge in [0.2, 0.25) is 0 Å². The van der Waals surface area contributed by atoms with E-state index < -0.39 is 0 Å². The summed E-state index contributed by atoms with van der Waals surface area (Å²) in [5, 5.41) is 1.09. The van der Waals surface area contributed by atoms with Crippen molar-refractivity contribution in [3.8, 4) is 0 Å². The van der Waals surface area contributed by atoms with Crippen LogP contribution in [0, 0.1) is 5.41 Å². The van der Waals surface area contributed by atoms with E-state index in [-0.39, 0.29) is 11.3 Å². The molecule has 0 aliphatic carbocycles. The number of H-pyrrole nitrogens is 1. The Morgan fingerprint density at radius 2 is 2.16 bits per heavy atom. The highest BCUT2D eigenvalue weighted by Crippen LogP contribution is 2.33. The third kappa shape index (κ3) is 3.31. The minimum atomic E-state index is 0.0758. The van der Waals surface area contributed by atoms with E-state index in [2.05, 4.69) is 16.8 Å². The highest BCUT2D eigenvalue weighted by atomic mass is 16.5. The molecule has 5 nitrogen and oxygen atoms in total. The van der Waals surface area contributed by atoms with Crippen LogP contribution in [0.2, 0.25) is 0 Å². The number of likely N-dealkylation sites (tertiary alicyclic amines) is 1. The number of nitrogens with one attached hydrogen (secondary N) is 1. The number of aromatic nitrogens is 1. The minimum absolute atomic E-state index is 0.0758. The summed E-state index contributed by atoms with van der Waals surface area (Å²) in [6.45, 7) is 8.45. The van der Waals surface area contributed by atoms with Gasteiger partial charge in [0.15, 0.2) is 0 Å². The van der Waals surface area contributed by atoms with E-state index in [1.54, 1.807) is 0 Å². The van der Waals surface area contributed by atoms with Crippen LogP contribution in [-0.2, 0) is 4.74 Å². The van der Waals surface area contributed by atoms with Crippen LogP contribution < -0.4 is 0 Å². The smallest absolute Gasteiger partial charge is 0.270 e. The van der Waals surface area contributed by atoms with E-state index in [1.807, 2.05) is 35.2 Å². The number of carbonyl (C=O) groups is 1. The molecule has 1 aromatic carbocycles. The second kappa shape index (κ2) is 6.81. The van der Waals surface area contributed by atoms with Gasteiger partial charge in [0.25, 0.3) is 5.91 Å². The maximum Gasteiger partial charge on any atom is 0.270 e. The van der Waals surface area contributed by atoms with Gasteiger partial charge in [0.05, 0.1) is 13.2 Å². The van der Waals surface area contributed by atoms with E-state index in [0.717, 1.165) is 69.7 Å². The zero-order valence-electron chi connectivity index (χ0n) is 15.0. The number of carbonyl (C=O) groups excluding carboxylic acids is 1. The summed E-state index contributed by atoms with van der Waals surface area (Å²) in [5.74, 6) is 0.113. The highest BCUT2D eigenvalue weighted by molar-refractivity contribution is 5.98. The molecule has 1 unspecified atom stereocenters. The van der Waals surface area contributed by atoms with Crippen LogP contribution in [0.15, 0.2) is 30.3 Å². The fourth-order valence-corrected chi connectivity index (χ4v) is 4.34. The SMILES string of the molecule is CCN1CCOCC2(CCCN(C(=O)c3cc4ccccc4[nH]3)C2)C1. The second-order valence-corrected chi connectivity index (χ2v) is 7.52. The first-order valence-corrected chi connectivity index (χ1v) is 9.36. The molecular formula is C20H27N3O2. The Hall–Kier alpha value is -1.85. The number of para-hydroxylation sites is 1. The number of nitrogens with zero attached hydrogens (tertiary/aromatic N) is 2. The maximum atomic E-state index is 13.1. The van der Waals surface area contributed by atoms with E-state index in [1.165, 1.54) is 0 Å². The van der Waals surface area contributed by atoms with Gasteiger partial charge in [-0.1, -0.05) is 25.1 Å². The van der Waals surface area contributed by atoms with Crippen molar-refractivity contribution in [1.29, 1.82) is 0 Å². The van der Waals surface area contributed by atoms with Gasteiger partial charge in [0.1, 0.15) is 5.69 Å². The summed E-state index contributed by atoms with van der Waals surface area (Å²) in [6, 6.07) is 10.0. The quantitative estimate of drug-likeness (QED) is 0.914. The molecule has 0 radical (unpaired) electrons. The lowest BCUT2D eigenvalue weighted by Gasteiger charge is -2.43. The molecule has 3 heterocycles. The second-order valence-electron chi connectivity index (χ2n) is 7.52. The number of hydrogen-bond acceptors (Lipinski definition) is 3.